The minimum Gasteiger partial charge on any atom is -0.506 e. The number of halogens is 1. The number of phenolic OH excluding ortho intramolecular Hbond substituents is 1. The molecule has 2 aromatic carbocycles. The minimum absolute atomic E-state index is 0.272. The zero-order chi connectivity index (χ0) is 17.0. The van der Waals surface area contributed by atoms with E-state index in [2.05, 4.69) is 37.2 Å². The van der Waals surface area contributed by atoms with Crippen LogP contribution in [0, 0.1) is 0 Å². The molecule has 0 aromatic heterocycles. The summed E-state index contributed by atoms with van der Waals surface area (Å²) in [5.74, 6) is 0.579. The molecule has 1 atom stereocenters. The van der Waals surface area contributed by atoms with Crippen molar-refractivity contribution in [2.45, 2.75) is 12.3 Å². The molecule has 2 aromatic rings. The summed E-state index contributed by atoms with van der Waals surface area (Å²) in [5.41, 5.74) is 3.29. The Kier molecular flexibility index (Phi) is 5.91. The van der Waals surface area contributed by atoms with Crippen molar-refractivity contribution in [1.82, 2.24) is 4.90 Å². The van der Waals surface area contributed by atoms with Crippen LogP contribution in [0.1, 0.15) is 23.5 Å². The van der Waals surface area contributed by atoms with Crippen LogP contribution in [0.4, 0.5) is 5.69 Å². The Balaban J connectivity index is 2.40. The maximum Gasteiger partial charge on any atom is 0.138 e. The highest BCUT2D eigenvalue weighted by atomic mass is 35.5. The van der Waals surface area contributed by atoms with Gasteiger partial charge in [0, 0.05) is 25.0 Å². The molecule has 0 aliphatic carbocycles. The van der Waals surface area contributed by atoms with Crippen LogP contribution < -0.4 is 4.90 Å². The highest BCUT2D eigenvalue weighted by molar-refractivity contribution is 6.30. The third-order valence-corrected chi connectivity index (χ3v) is 4.27. The summed E-state index contributed by atoms with van der Waals surface area (Å²) in [5, 5.41) is 10.8. The number of hydrogen-bond donors (Lipinski definition) is 1. The predicted octanol–water partition coefficient (Wildman–Crippen LogP) is 4.20. The van der Waals surface area contributed by atoms with Crippen molar-refractivity contribution in [2.24, 2.45) is 0 Å². The molecule has 0 amide bonds. The Morgan fingerprint density at radius 1 is 0.957 bits per heavy atom. The van der Waals surface area contributed by atoms with E-state index in [0.29, 0.717) is 5.75 Å². The second-order valence-corrected chi connectivity index (χ2v) is 6.78. The molecule has 3 nitrogen and oxygen atoms in total. The van der Waals surface area contributed by atoms with E-state index < -0.39 is 0 Å². The third-order valence-electron chi connectivity index (χ3n) is 4.02. The lowest BCUT2D eigenvalue weighted by Crippen LogP contribution is -2.17. The molecular weight excluding hydrogens is 308 g/mol. The Morgan fingerprint density at radius 2 is 1.57 bits per heavy atom. The van der Waals surface area contributed by atoms with Crippen molar-refractivity contribution < 1.29 is 5.11 Å². The minimum atomic E-state index is 0.272. The van der Waals surface area contributed by atoms with E-state index in [1.54, 1.807) is 6.07 Å². The van der Waals surface area contributed by atoms with Crippen LogP contribution in [-0.4, -0.2) is 44.7 Å². The molecule has 0 saturated heterocycles. The van der Waals surface area contributed by atoms with Crippen molar-refractivity contribution in [3.8, 4) is 5.75 Å². The summed E-state index contributed by atoms with van der Waals surface area (Å²) in [4.78, 5) is 4.12. The fourth-order valence-electron chi connectivity index (χ4n) is 2.72. The molecule has 1 unspecified atom stereocenters. The zero-order valence-electron chi connectivity index (χ0n) is 14.3. The molecule has 0 aliphatic heterocycles. The average Bonchev–Trinajstić information content (AvgIpc) is 2.50. The van der Waals surface area contributed by atoms with Gasteiger partial charge in [-0.15, -0.1) is 0 Å². The van der Waals surface area contributed by atoms with Gasteiger partial charge in [0.05, 0.1) is 5.69 Å². The Labute approximate surface area is 144 Å². The summed E-state index contributed by atoms with van der Waals surface area (Å²) in [6, 6.07) is 13.9. The summed E-state index contributed by atoms with van der Waals surface area (Å²) in [6.45, 7) is 0.992. The van der Waals surface area contributed by atoms with Gasteiger partial charge >= 0.3 is 0 Å². The summed E-state index contributed by atoms with van der Waals surface area (Å²) < 4.78 is 0. The maximum absolute atomic E-state index is 10.0. The van der Waals surface area contributed by atoms with E-state index >= 15 is 0 Å². The first-order valence-corrected chi connectivity index (χ1v) is 8.16. The Hall–Kier alpha value is -1.71. The summed E-state index contributed by atoms with van der Waals surface area (Å²) in [6.07, 6.45) is 1.01. The average molecular weight is 333 g/mol. The fraction of sp³-hybridized carbons (Fsp3) is 0.368. The van der Waals surface area contributed by atoms with Crippen LogP contribution in [-0.2, 0) is 0 Å². The lowest BCUT2D eigenvalue weighted by molar-refractivity contribution is 0.390. The van der Waals surface area contributed by atoms with Crippen LogP contribution in [0.5, 0.6) is 5.75 Å². The van der Waals surface area contributed by atoms with Gasteiger partial charge in [0.1, 0.15) is 5.75 Å². The number of nitrogens with zero attached hydrogens (tertiary/aromatic N) is 2. The van der Waals surface area contributed by atoms with E-state index in [-0.39, 0.29) is 5.92 Å². The number of hydrogen-bond acceptors (Lipinski definition) is 3. The zero-order valence-corrected chi connectivity index (χ0v) is 15.0. The van der Waals surface area contributed by atoms with Gasteiger partial charge in [0.2, 0.25) is 0 Å². The van der Waals surface area contributed by atoms with Gasteiger partial charge in [0.15, 0.2) is 0 Å². The normalized spacial score (nSPS) is 12.4. The summed E-state index contributed by atoms with van der Waals surface area (Å²) >= 11 is 6.03. The highest BCUT2D eigenvalue weighted by Gasteiger charge is 2.17. The summed E-state index contributed by atoms with van der Waals surface area (Å²) in [7, 11) is 8.05. The van der Waals surface area contributed by atoms with Crippen LogP contribution >= 0.6 is 11.6 Å². The lowest BCUT2D eigenvalue weighted by Gasteiger charge is -2.23. The first-order valence-electron chi connectivity index (χ1n) is 7.79. The largest absolute Gasteiger partial charge is 0.506 e. The second kappa shape index (κ2) is 7.71. The number of phenols is 1. The van der Waals surface area contributed by atoms with Crippen LogP contribution in [0.3, 0.4) is 0 Å². The molecule has 2 rings (SSSR count). The van der Waals surface area contributed by atoms with Gasteiger partial charge < -0.3 is 14.9 Å². The van der Waals surface area contributed by atoms with Gasteiger partial charge in [-0.25, -0.2) is 0 Å². The number of anilines is 1. The standard InChI is InChI=1S/C19H25ClN2O/c1-21(2)12-11-17(14-5-8-16(20)9-6-14)15-7-10-19(23)18(13-15)22(3)4/h5-10,13,17,23H,11-12H2,1-4H3. The topological polar surface area (TPSA) is 26.7 Å². The molecule has 0 heterocycles. The van der Waals surface area contributed by atoms with E-state index in [0.717, 1.165) is 23.7 Å². The van der Waals surface area contributed by atoms with Gasteiger partial charge in [0.25, 0.3) is 0 Å². The van der Waals surface area contributed by atoms with E-state index in [4.69, 9.17) is 11.6 Å². The van der Waals surface area contributed by atoms with E-state index in [1.807, 2.05) is 37.2 Å². The van der Waals surface area contributed by atoms with E-state index in [9.17, 15) is 5.11 Å². The first kappa shape index (κ1) is 17.6. The SMILES string of the molecule is CN(C)CCC(c1ccc(Cl)cc1)c1ccc(O)c(N(C)C)c1. The molecule has 124 valence electrons. The number of rotatable bonds is 6. The number of aromatic hydroxyl groups is 1. The van der Waals surface area contributed by atoms with Crippen molar-refractivity contribution in [3.05, 3.63) is 58.6 Å². The quantitative estimate of drug-likeness (QED) is 0.859. The van der Waals surface area contributed by atoms with Crippen molar-refractivity contribution >= 4 is 17.3 Å². The molecule has 1 N–H and O–H groups in total. The van der Waals surface area contributed by atoms with Crippen molar-refractivity contribution in [2.75, 3.05) is 39.6 Å². The third kappa shape index (κ3) is 4.63. The Bertz CT molecular complexity index is 638. The molecule has 23 heavy (non-hydrogen) atoms. The second-order valence-electron chi connectivity index (χ2n) is 6.34. The lowest BCUT2D eigenvalue weighted by atomic mass is 9.88. The first-order chi connectivity index (χ1) is 10.9. The monoisotopic (exact) mass is 332 g/mol. The Morgan fingerprint density at radius 3 is 2.13 bits per heavy atom. The van der Waals surface area contributed by atoms with Gasteiger partial charge in [-0.2, -0.15) is 0 Å². The van der Waals surface area contributed by atoms with Gasteiger partial charge in [-0.05, 0) is 62.5 Å². The predicted molar refractivity (Wildman–Crippen MR) is 98.9 cm³/mol. The van der Waals surface area contributed by atoms with Crippen LogP contribution in [0.15, 0.2) is 42.5 Å². The highest BCUT2D eigenvalue weighted by Crippen LogP contribution is 2.34. The van der Waals surface area contributed by atoms with Crippen LogP contribution in [0.25, 0.3) is 0 Å². The molecule has 0 saturated carbocycles. The van der Waals surface area contributed by atoms with Crippen molar-refractivity contribution in [3.63, 3.8) is 0 Å². The molecular formula is C19H25ClN2O. The van der Waals surface area contributed by atoms with Crippen molar-refractivity contribution in [1.29, 1.82) is 0 Å². The smallest absolute Gasteiger partial charge is 0.138 e. The molecule has 0 radical (unpaired) electrons. The molecule has 0 aliphatic rings. The van der Waals surface area contributed by atoms with E-state index in [1.165, 1.54) is 11.1 Å². The maximum atomic E-state index is 10.0. The molecule has 0 spiro atoms. The van der Waals surface area contributed by atoms with Gasteiger partial charge in [-0.1, -0.05) is 29.8 Å². The molecule has 4 heteroatoms. The van der Waals surface area contributed by atoms with Gasteiger partial charge in [-0.3, -0.25) is 0 Å². The van der Waals surface area contributed by atoms with Crippen LogP contribution in [0.2, 0.25) is 5.02 Å². The number of benzene rings is 2. The fourth-order valence-corrected chi connectivity index (χ4v) is 2.85. The molecule has 0 bridgehead atoms. The molecule has 0 fully saturated rings.